The summed E-state index contributed by atoms with van der Waals surface area (Å²) >= 11 is 1.24. The molecule has 2 amide bonds. The Morgan fingerprint density at radius 1 is 1.13 bits per heavy atom. The molecule has 3 aromatic rings. The van der Waals surface area contributed by atoms with Gasteiger partial charge in [-0.2, -0.15) is 0 Å². The van der Waals surface area contributed by atoms with Gasteiger partial charge in [0.25, 0.3) is 0 Å². The molecule has 30 heavy (non-hydrogen) atoms. The van der Waals surface area contributed by atoms with E-state index in [0.717, 1.165) is 6.07 Å². The fraction of sp³-hybridized carbons (Fsp3) is 0.300. The summed E-state index contributed by atoms with van der Waals surface area (Å²) in [7, 11) is 3.05. The van der Waals surface area contributed by atoms with Crippen molar-refractivity contribution in [2.75, 3.05) is 50.6 Å². The summed E-state index contributed by atoms with van der Waals surface area (Å²) in [6, 6.07) is 7.12. The number of hydrogen-bond acceptors (Lipinski definition) is 6. The molecule has 158 valence electrons. The maximum atomic E-state index is 13.9. The predicted octanol–water partition coefficient (Wildman–Crippen LogP) is 3.95. The molecule has 7 nitrogen and oxygen atoms in total. The molecule has 2 heterocycles. The Hall–Kier alpha value is -3.14. The van der Waals surface area contributed by atoms with Gasteiger partial charge in [-0.1, -0.05) is 17.4 Å². The number of amides is 2. The van der Waals surface area contributed by atoms with Crippen molar-refractivity contribution < 1.29 is 23.0 Å². The summed E-state index contributed by atoms with van der Waals surface area (Å²) in [5.41, 5.74) is 0.689. The second-order valence-electron chi connectivity index (χ2n) is 6.68. The minimum Gasteiger partial charge on any atom is -0.493 e. The van der Waals surface area contributed by atoms with Gasteiger partial charge < -0.3 is 24.6 Å². The summed E-state index contributed by atoms with van der Waals surface area (Å²) in [6.07, 6.45) is 0. The molecular weight excluding hydrogens is 414 g/mol. The van der Waals surface area contributed by atoms with Crippen LogP contribution in [0.4, 0.5) is 24.4 Å². The number of methoxy groups -OCH3 is 2. The zero-order valence-electron chi connectivity index (χ0n) is 16.4. The highest BCUT2D eigenvalue weighted by molar-refractivity contribution is 7.22. The van der Waals surface area contributed by atoms with Crippen molar-refractivity contribution in [3.05, 3.63) is 42.0 Å². The van der Waals surface area contributed by atoms with Gasteiger partial charge in [0.05, 0.1) is 24.6 Å². The molecule has 1 aliphatic rings. The van der Waals surface area contributed by atoms with Gasteiger partial charge >= 0.3 is 6.03 Å². The van der Waals surface area contributed by atoms with E-state index < -0.39 is 11.6 Å². The van der Waals surface area contributed by atoms with Gasteiger partial charge in [0.15, 0.2) is 22.4 Å². The number of nitrogens with one attached hydrogen (secondary N) is 1. The highest BCUT2D eigenvalue weighted by atomic mass is 32.1. The van der Waals surface area contributed by atoms with Crippen molar-refractivity contribution in [1.29, 1.82) is 0 Å². The lowest BCUT2D eigenvalue weighted by Gasteiger charge is -2.34. The van der Waals surface area contributed by atoms with Crippen LogP contribution in [0.15, 0.2) is 30.3 Å². The lowest BCUT2D eigenvalue weighted by molar-refractivity contribution is 0.208. The molecule has 10 heteroatoms. The molecular formula is C20H20F2N4O3S. The molecule has 2 aromatic carbocycles. The minimum atomic E-state index is -0.669. The van der Waals surface area contributed by atoms with E-state index in [1.54, 1.807) is 23.1 Å². The van der Waals surface area contributed by atoms with Crippen LogP contribution >= 0.6 is 11.3 Å². The molecule has 0 spiro atoms. The van der Waals surface area contributed by atoms with Gasteiger partial charge in [-0.25, -0.2) is 18.6 Å². The first-order valence-electron chi connectivity index (χ1n) is 9.27. The van der Waals surface area contributed by atoms with Crippen LogP contribution in [0.25, 0.3) is 10.2 Å². The number of ether oxygens (including phenoxy) is 2. The van der Waals surface area contributed by atoms with Crippen LogP contribution in [0.2, 0.25) is 0 Å². The number of aromatic nitrogens is 1. The Morgan fingerprint density at radius 3 is 2.60 bits per heavy atom. The smallest absolute Gasteiger partial charge is 0.322 e. The molecule has 1 saturated heterocycles. The third-order valence-corrected chi connectivity index (χ3v) is 5.95. The Morgan fingerprint density at radius 2 is 1.90 bits per heavy atom. The van der Waals surface area contributed by atoms with E-state index in [-0.39, 0.29) is 11.5 Å². The first-order valence-corrected chi connectivity index (χ1v) is 10.1. The van der Waals surface area contributed by atoms with Crippen LogP contribution in [0.5, 0.6) is 11.5 Å². The monoisotopic (exact) mass is 434 g/mol. The van der Waals surface area contributed by atoms with Crippen LogP contribution in [-0.2, 0) is 0 Å². The zero-order chi connectivity index (χ0) is 21.3. The number of piperazine rings is 1. The molecule has 4 rings (SSSR count). The number of urea groups is 1. The molecule has 0 radical (unpaired) electrons. The maximum Gasteiger partial charge on any atom is 0.322 e. The number of thiazole rings is 1. The standard InChI is InChI=1S/C20H20F2N4O3S/c1-28-15-5-3-4-14(18(15)29-2)23-19(27)25-6-8-26(9-7-25)20-24-17-13(22)10-12(21)11-16(17)30-20/h3-5,10-11H,6-9H2,1-2H3,(H,23,27). The Bertz CT molecular complexity index is 1080. The fourth-order valence-electron chi connectivity index (χ4n) is 3.36. The summed E-state index contributed by atoms with van der Waals surface area (Å²) in [5, 5.41) is 3.47. The average Bonchev–Trinajstić information content (AvgIpc) is 3.18. The third-order valence-electron chi connectivity index (χ3n) is 4.88. The van der Waals surface area contributed by atoms with Crippen LogP contribution in [0, 0.1) is 11.6 Å². The molecule has 1 aliphatic heterocycles. The molecule has 0 aliphatic carbocycles. The number of fused-ring (bicyclic) bond motifs is 1. The van der Waals surface area contributed by atoms with Gasteiger partial charge in [0.2, 0.25) is 0 Å². The molecule has 0 saturated carbocycles. The number of carbonyl (C=O) groups is 1. The maximum absolute atomic E-state index is 13.9. The van der Waals surface area contributed by atoms with E-state index in [4.69, 9.17) is 9.47 Å². The predicted molar refractivity (Wildman–Crippen MR) is 112 cm³/mol. The second kappa shape index (κ2) is 8.31. The minimum absolute atomic E-state index is 0.168. The summed E-state index contributed by atoms with van der Waals surface area (Å²) in [4.78, 5) is 20.7. The largest absolute Gasteiger partial charge is 0.493 e. The van der Waals surface area contributed by atoms with E-state index in [1.165, 1.54) is 31.6 Å². The van der Waals surface area contributed by atoms with Gasteiger partial charge in [0.1, 0.15) is 11.3 Å². The number of benzene rings is 2. The van der Waals surface area contributed by atoms with Crippen molar-refractivity contribution >= 4 is 38.4 Å². The Balaban J connectivity index is 1.42. The molecule has 1 aromatic heterocycles. The second-order valence-corrected chi connectivity index (χ2v) is 7.69. The number of para-hydroxylation sites is 1. The number of carbonyl (C=O) groups excluding carboxylic acids is 1. The summed E-state index contributed by atoms with van der Waals surface area (Å²) < 4.78 is 38.4. The van der Waals surface area contributed by atoms with Crippen molar-refractivity contribution in [3.8, 4) is 11.5 Å². The first-order chi connectivity index (χ1) is 14.5. The molecule has 0 unspecified atom stereocenters. The van der Waals surface area contributed by atoms with Crippen LogP contribution < -0.4 is 19.7 Å². The molecule has 0 atom stereocenters. The van der Waals surface area contributed by atoms with Gasteiger partial charge in [-0.3, -0.25) is 0 Å². The van der Waals surface area contributed by atoms with Crippen molar-refractivity contribution in [2.24, 2.45) is 0 Å². The van der Waals surface area contributed by atoms with Gasteiger partial charge in [-0.05, 0) is 18.2 Å². The van der Waals surface area contributed by atoms with Gasteiger partial charge in [-0.15, -0.1) is 0 Å². The summed E-state index contributed by atoms with van der Waals surface area (Å²) in [6.45, 7) is 1.99. The van der Waals surface area contributed by atoms with Crippen molar-refractivity contribution in [3.63, 3.8) is 0 Å². The molecule has 0 bridgehead atoms. The number of hydrogen-bond donors (Lipinski definition) is 1. The average molecular weight is 434 g/mol. The zero-order valence-corrected chi connectivity index (χ0v) is 17.3. The molecule has 1 fully saturated rings. The van der Waals surface area contributed by atoms with E-state index in [9.17, 15) is 13.6 Å². The normalized spacial score (nSPS) is 14.1. The van der Waals surface area contributed by atoms with Crippen molar-refractivity contribution in [2.45, 2.75) is 0 Å². The fourth-order valence-corrected chi connectivity index (χ4v) is 4.42. The number of anilines is 2. The van der Waals surface area contributed by atoms with Crippen LogP contribution in [-0.4, -0.2) is 56.3 Å². The number of nitrogens with zero attached hydrogens (tertiary/aromatic N) is 3. The van der Waals surface area contributed by atoms with E-state index >= 15 is 0 Å². The van der Waals surface area contributed by atoms with Crippen LogP contribution in [0.1, 0.15) is 0 Å². The Kier molecular flexibility index (Phi) is 5.58. The quantitative estimate of drug-likeness (QED) is 0.674. The van der Waals surface area contributed by atoms with Crippen molar-refractivity contribution in [1.82, 2.24) is 9.88 Å². The van der Waals surface area contributed by atoms with Crippen LogP contribution in [0.3, 0.4) is 0 Å². The van der Waals surface area contributed by atoms with Gasteiger partial charge in [0, 0.05) is 32.2 Å². The highest BCUT2D eigenvalue weighted by Gasteiger charge is 2.25. The van der Waals surface area contributed by atoms with E-state index in [1.807, 2.05) is 4.90 Å². The highest BCUT2D eigenvalue weighted by Crippen LogP contribution is 2.35. The lowest BCUT2D eigenvalue weighted by Crippen LogP contribution is -2.50. The lowest BCUT2D eigenvalue weighted by atomic mass is 10.2. The van der Waals surface area contributed by atoms with E-state index in [0.29, 0.717) is 53.2 Å². The molecule has 1 N–H and O–H groups in total. The SMILES string of the molecule is COc1cccc(NC(=O)N2CCN(c3nc4c(F)cc(F)cc4s3)CC2)c1OC. The number of halogens is 2. The third kappa shape index (κ3) is 3.82. The topological polar surface area (TPSA) is 66.9 Å². The summed E-state index contributed by atoms with van der Waals surface area (Å²) in [5.74, 6) is -0.308. The number of rotatable bonds is 4. The first kappa shape index (κ1) is 20.1. The Labute approximate surface area is 175 Å². The van der Waals surface area contributed by atoms with E-state index in [2.05, 4.69) is 10.3 Å².